The van der Waals surface area contributed by atoms with Crippen molar-refractivity contribution in [1.29, 1.82) is 0 Å². The lowest BCUT2D eigenvalue weighted by Gasteiger charge is -2.01. The number of nitrogens with zero attached hydrogens (tertiary/aromatic N) is 1. The Morgan fingerprint density at radius 2 is 2.12 bits per heavy atom. The fourth-order valence-electron chi connectivity index (χ4n) is 2.87. The Morgan fingerprint density at radius 3 is 3.08 bits per heavy atom. The molecular weight excluding hydrogens is 318 g/mol. The van der Waals surface area contributed by atoms with E-state index in [4.69, 9.17) is 9.47 Å². The molecular formula is C19H17N3O3. The molecule has 0 saturated carbocycles. The summed E-state index contributed by atoms with van der Waals surface area (Å²) in [6.07, 6.45) is 4.54. The maximum absolute atomic E-state index is 12.0. The van der Waals surface area contributed by atoms with Crippen molar-refractivity contribution < 1.29 is 14.3 Å². The van der Waals surface area contributed by atoms with Crippen LogP contribution in [0, 0.1) is 0 Å². The van der Waals surface area contributed by atoms with Gasteiger partial charge in [-0.15, -0.1) is 0 Å². The van der Waals surface area contributed by atoms with Crippen LogP contribution in [0.25, 0.3) is 10.9 Å². The van der Waals surface area contributed by atoms with Crippen LogP contribution in [-0.4, -0.2) is 23.9 Å². The molecule has 0 spiro atoms. The third kappa shape index (κ3) is 3.19. The first-order valence-corrected chi connectivity index (χ1v) is 8.07. The summed E-state index contributed by atoms with van der Waals surface area (Å²) in [5.74, 6) is 1.21. The minimum absolute atomic E-state index is 0.133. The van der Waals surface area contributed by atoms with E-state index in [0.29, 0.717) is 24.3 Å². The Bertz CT molecular complexity index is 946. The Balaban J connectivity index is 1.34. The number of nitrogens with one attached hydrogen (secondary N) is 2. The summed E-state index contributed by atoms with van der Waals surface area (Å²) in [4.78, 5) is 15.2. The Labute approximate surface area is 144 Å². The number of para-hydroxylation sites is 2. The van der Waals surface area contributed by atoms with Gasteiger partial charge in [0.15, 0.2) is 11.5 Å². The van der Waals surface area contributed by atoms with Crippen molar-refractivity contribution in [3.05, 3.63) is 59.8 Å². The number of rotatable bonds is 5. The molecule has 0 aliphatic carbocycles. The minimum Gasteiger partial charge on any atom is -0.454 e. The molecule has 2 aromatic carbocycles. The van der Waals surface area contributed by atoms with Crippen LogP contribution in [0.1, 0.15) is 17.5 Å². The molecule has 0 bridgehead atoms. The van der Waals surface area contributed by atoms with Crippen molar-refractivity contribution in [2.45, 2.75) is 12.8 Å². The van der Waals surface area contributed by atoms with Crippen LogP contribution >= 0.6 is 0 Å². The monoisotopic (exact) mass is 335 g/mol. The Morgan fingerprint density at radius 1 is 1.20 bits per heavy atom. The van der Waals surface area contributed by atoms with Crippen LogP contribution in [0.3, 0.4) is 0 Å². The van der Waals surface area contributed by atoms with Crippen molar-refractivity contribution in [1.82, 2.24) is 10.4 Å². The number of carbonyl (C=O) groups excluding carboxylic acids is 1. The fourth-order valence-corrected chi connectivity index (χ4v) is 2.87. The molecule has 1 aromatic heterocycles. The molecule has 4 rings (SSSR count). The number of amides is 1. The second-order valence-electron chi connectivity index (χ2n) is 5.73. The van der Waals surface area contributed by atoms with Crippen molar-refractivity contribution in [3.63, 3.8) is 0 Å². The number of carbonyl (C=O) groups is 1. The number of hydrogen-bond donors (Lipinski definition) is 2. The van der Waals surface area contributed by atoms with E-state index in [1.165, 1.54) is 0 Å². The van der Waals surface area contributed by atoms with E-state index in [2.05, 4.69) is 21.6 Å². The van der Waals surface area contributed by atoms with Gasteiger partial charge in [-0.05, 0) is 30.2 Å². The van der Waals surface area contributed by atoms with Gasteiger partial charge in [0.05, 0.1) is 6.21 Å². The lowest BCUT2D eigenvalue weighted by molar-refractivity contribution is -0.121. The van der Waals surface area contributed by atoms with Gasteiger partial charge in [0.1, 0.15) is 0 Å². The minimum atomic E-state index is -0.133. The molecule has 2 N–H and O–H groups in total. The second-order valence-corrected chi connectivity index (χ2v) is 5.73. The summed E-state index contributed by atoms with van der Waals surface area (Å²) >= 11 is 0. The summed E-state index contributed by atoms with van der Waals surface area (Å²) < 4.78 is 10.7. The number of H-pyrrole nitrogens is 1. The molecule has 6 nitrogen and oxygen atoms in total. The van der Waals surface area contributed by atoms with Crippen molar-refractivity contribution in [2.24, 2.45) is 5.10 Å². The summed E-state index contributed by atoms with van der Waals surface area (Å²) in [6.45, 7) is 0.206. The zero-order valence-corrected chi connectivity index (χ0v) is 13.5. The highest BCUT2D eigenvalue weighted by atomic mass is 16.7. The number of ether oxygens (including phenoxy) is 2. The molecule has 0 saturated heterocycles. The van der Waals surface area contributed by atoms with Gasteiger partial charge >= 0.3 is 0 Å². The highest BCUT2D eigenvalue weighted by molar-refractivity contribution is 5.87. The lowest BCUT2D eigenvalue weighted by atomic mass is 10.1. The van der Waals surface area contributed by atoms with Gasteiger partial charge in [0.2, 0.25) is 12.7 Å². The van der Waals surface area contributed by atoms with Crippen LogP contribution in [0.4, 0.5) is 0 Å². The number of aromatic nitrogens is 1. The number of benzene rings is 2. The summed E-state index contributed by atoms with van der Waals surface area (Å²) in [5, 5.41) is 5.16. The summed E-state index contributed by atoms with van der Waals surface area (Å²) in [5.41, 5.74) is 5.53. The van der Waals surface area contributed by atoms with E-state index >= 15 is 0 Å². The van der Waals surface area contributed by atoms with Crippen LogP contribution in [0.2, 0.25) is 0 Å². The van der Waals surface area contributed by atoms with E-state index in [-0.39, 0.29) is 12.7 Å². The van der Waals surface area contributed by atoms with Crippen molar-refractivity contribution in [3.8, 4) is 11.5 Å². The van der Waals surface area contributed by atoms with Crippen LogP contribution in [-0.2, 0) is 11.2 Å². The number of aromatic amines is 1. The van der Waals surface area contributed by atoms with Crippen LogP contribution in [0.15, 0.2) is 53.8 Å². The van der Waals surface area contributed by atoms with Gasteiger partial charge in [-0.25, -0.2) is 5.43 Å². The van der Waals surface area contributed by atoms with E-state index in [1.807, 2.05) is 42.6 Å². The molecule has 0 fully saturated rings. The first kappa shape index (κ1) is 15.3. The van der Waals surface area contributed by atoms with E-state index < -0.39 is 0 Å². The molecule has 0 atom stereocenters. The molecule has 0 radical (unpaired) electrons. The highest BCUT2D eigenvalue weighted by Gasteiger charge is 2.15. The number of aryl methyl sites for hydroxylation is 1. The van der Waals surface area contributed by atoms with Crippen LogP contribution in [0.5, 0.6) is 11.5 Å². The smallest absolute Gasteiger partial charge is 0.240 e. The molecule has 3 aromatic rings. The maximum atomic E-state index is 12.0. The predicted molar refractivity (Wildman–Crippen MR) is 94.9 cm³/mol. The number of fused-ring (bicyclic) bond motifs is 2. The molecule has 25 heavy (non-hydrogen) atoms. The molecule has 2 heterocycles. The Kier molecular flexibility index (Phi) is 4.08. The maximum Gasteiger partial charge on any atom is 0.240 e. The third-order valence-corrected chi connectivity index (χ3v) is 4.12. The molecule has 126 valence electrons. The van der Waals surface area contributed by atoms with E-state index in [9.17, 15) is 4.79 Å². The molecule has 1 aliphatic rings. The first-order chi connectivity index (χ1) is 12.3. The second kappa shape index (κ2) is 6.68. The van der Waals surface area contributed by atoms with Crippen molar-refractivity contribution in [2.75, 3.05) is 6.79 Å². The molecule has 1 aliphatic heterocycles. The topological polar surface area (TPSA) is 75.7 Å². The highest BCUT2D eigenvalue weighted by Crippen LogP contribution is 2.34. The largest absolute Gasteiger partial charge is 0.454 e. The van der Waals surface area contributed by atoms with Gasteiger partial charge < -0.3 is 14.5 Å². The SMILES string of the molecule is O=C(CCc1c[nH]c2ccccc12)N/N=C\c1cccc2c1OCO2. The van der Waals surface area contributed by atoms with Gasteiger partial charge in [-0.3, -0.25) is 4.79 Å². The van der Waals surface area contributed by atoms with Crippen molar-refractivity contribution >= 4 is 23.0 Å². The van der Waals surface area contributed by atoms with Gasteiger partial charge in [0, 0.05) is 29.1 Å². The van der Waals surface area contributed by atoms with Crippen LogP contribution < -0.4 is 14.9 Å². The van der Waals surface area contributed by atoms with Gasteiger partial charge in [0.25, 0.3) is 0 Å². The quantitative estimate of drug-likeness (QED) is 0.556. The predicted octanol–water partition coefficient (Wildman–Crippen LogP) is 2.98. The molecule has 1 amide bonds. The first-order valence-electron chi connectivity index (χ1n) is 8.07. The van der Waals surface area contributed by atoms with E-state index in [0.717, 1.165) is 22.0 Å². The fraction of sp³-hybridized carbons (Fsp3) is 0.158. The standard InChI is InChI=1S/C19H17N3O3/c23-18(9-8-13-10-20-16-6-2-1-5-15(13)16)22-21-11-14-4-3-7-17-19(14)25-12-24-17/h1-7,10-11,20H,8-9,12H2,(H,22,23)/b21-11-. The number of hydrogen-bond acceptors (Lipinski definition) is 4. The zero-order chi connectivity index (χ0) is 17.1. The lowest BCUT2D eigenvalue weighted by Crippen LogP contribution is -2.17. The zero-order valence-electron chi connectivity index (χ0n) is 13.5. The normalized spacial score (nSPS) is 12.8. The van der Waals surface area contributed by atoms with E-state index in [1.54, 1.807) is 6.21 Å². The molecule has 6 heteroatoms. The average molecular weight is 335 g/mol. The summed E-state index contributed by atoms with van der Waals surface area (Å²) in [6, 6.07) is 13.6. The van der Waals surface area contributed by atoms with Gasteiger partial charge in [-0.2, -0.15) is 5.10 Å². The Hall–Kier alpha value is -3.28. The summed E-state index contributed by atoms with van der Waals surface area (Å²) in [7, 11) is 0. The van der Waals surface area contributed by atoms with Gasteiger partial charge in [-0.1, -0.05) is 24.3 Å². The average Bonchev–Trinajstić information content (AvgIpc) is 3.27. The third-order valence-electron chi connectivity index (χ3n) is 4.12. The molecule has 0 unspecified atom stereocenters. The number of hydrazone groups is 1.